The molecule has 7 heteroatoms. The zero-order chi connectivity index (χ0) is 13.1. The molecule has 1 N–H and O–H groups in total. The predicted octanol–water partition coefficient (Wildman–Crippen LogP) is 2.28. The molecule has 19 heavy (non-hydrogen) atoms. The molecule has 1 aliphatic heterocycles. The molecule has 100 valence electrons. The van der Waals surface area contributed by atoms with Crippen molar-refractivity contribution >= 4 is 16.5 Å². The first-order valence-electron chi connectivity index (χ1n) is 5.94. The minimum absolute atomic E-state index is 0.263. The van der Waals surface area contributed by atoms with Crippen LogP contribution in [0.5, 0.6) is 17.2 Å². The molecular formula is C12H13N3O3S. The fourth-order valence-electron chi connectivity index (χ4n) is 1.72. The Morgan fingerprint density at radius 3 is 3.16 bits per heavy atom. The van der Waals surface area contributed by atoms with Crippen LogP contribution in [0.25, 0.3) is 0 Å². The van der Waals surface area contributed by atoms with E-state index < -0.39 is 0 Å². The van der Waals surface area contributed by atoms with Gasteiger partial charge in [-0.2, -0.15) is 0 Å². The quantitative estimate of drug-likeness (QED) is 0.905. The highest BCUT2D eigenvalue weighted by Gasteiger charge is 2.14. The van der Waals surface area contributed by atoms with Crippen molar-refractivity contribution in [2.45, 2.75) is 13.5 Å². The van der Waals surface area contributed by atoms with E-state index in [2.05, 4.69) is 14.9 Å². The van der Waals surface area contributed by atoms with E-state index in [1.54, 1.807) is 0 Å². The van der Waals surface area contributed by atoms with Crippen molar-refractivity contribution in [3.8, 4) is 17.2 Å². The lowest BCUT2D eigenvalue weighted by Crippen LogP contribution is -2.02. The van der Waals surface area contributed by atoms with Crippen LogP contribution < -0.4 is 19.5 Å². The molecule has 0 radical (unpaired) electrons. The molecule has 3 rings (SSSR count). The van der Waals surface area contributed by atoms with Gasteiger partial charge >= 0.3 is 0 Å². The predicted molar refractivity (Wildman–Crippen MR) is 71.0 cm³/mol. The molecule has 0 saturated heterocycles. The van der Waals surface area contributed by atoms with Gasteiger partial charge in [-0.3, -0.25) is 0 Å². The van der Waals surface area contributed by atoms with Gasteiger partial charge in [-0.05, 0) is 19.1 Å². The second kappa shape index (κ2) is 5.31. The molecule has 0 bridgehead atoms. The molecule has 0 unspecified atom stereocenters. The summed E-state index contributed by atoms with van der Waals surface area (Å²) in [7, 11) is 0. The van der Waals surface area contributed by atoms with E-state index in [9.17, 15) is 0 Å². The van der Waals surface area contributed by atoms with E-state index in [0.29, 0.717) is 12.4 Å². The summed E-state index contributed by atoms with van der Waals surface area (Å²) in [6.45, 7) is 3.50. The molecule has 1 aromatic heterocycles. The van der Waals surface area contributed by atoms with Crippen molar-refractivity contribution in [3.05, 3.63) is 23.9 Å². The number of hydrogen-bond donors (Lipinski definition) is 1. The maximum Gasteiger partial charge on any atom is 0.231 e. The van der Waals surface area contributed by atoms with Gasteiger partial charge in [-0.15, -0.1) is 5.10 Å². The number of hydrogen-bond acceptors (Lipinski definition) is 7. The Bertz CT molecular complexity index is 573. The topological polar surface area (TPSA) is 65.5 Å². The normalized spacial score (nSPS) is 12.5. The summed E-state index contributed by atoms with van der Waals surface area (Å²) >= 11 is 1.33. The van der Waals surface area contributed by atoms with E-state index in [1.165, 1.54) is 11.5 Å². The fourth-order valence-corrected chi connectivity index (χ4v) is 2.35. The smallest absolute Gasteiger partial charge is 0.231 e. The van der Waals surface area contributed by atoms with Gasteiger partial charge in [0.15, 0.2) is 11.5 Å². The molecule has 0 aliphatic carbocycles. The largest absolute Gasteiger partial charge is 0.487 e. The van der Waals surface area contributed by atoms with E-state index in [4.69, 9.17) is 14.2 Å². The molecule has 2 aromatic rings. The van der Waals surface area contributed by atoms with Crippen LogP contribution in [0.3, 0.4) is 0 Å². The SMILES string of the molecule is CCNc1snnc1COc1ccc2c(c1)OCO2. The molecule has 0 atom stereocenters. The van der Waals surface area contributed by atoms with Crippen molar-refractivity contribution in [1.82, 2.24) is 9.59 Å². The number of fused-ring (bicyclic) bond motifs is 1. The van der Waals surface area contributed by atoms with Crippen LogP contribution >= 0.6 is 11.5 Å². The highest BCUT2D eigenvalue weighted by atomic mass is 32.1. The Kier molecular flexibility index (Phi) is 3.37. The first-order valence-corrected chi connectivity index (χ1v) is 6.71. The number of anilines is 1. The lowest BCUT2D eigenvalue weighted by molar-refractivity contribution is 0.173. The number of benzene rings is 1. The van der Waals surface area contributed by atoms with Crippen molar-refractivity contribution in [2.75, 3.05) is 18.7 Å². The molecule has 6 nitrogen and oxygen atoms in total. The van der Waals surface area contributed by atoms with Gasteiger partial charge in [0.2, 0.25) is 6.79 Å². The summed E-state index contributed by atoms with van der Waals surface area (Å²) in [5.41, 5.74) is 0.810. The number of nitrogens with zero attached hydrogens (tertiary/aromatic N) is 2. The molecule has 0 amide bonds. The first kappa shape index (κ1) is 12.0. The van der Waals surface area contributed by atoms with Crippen LogP contribution in [-0.2, 0) is 6.61 Å². The van der Waals surface area contributed by atoms with Crippen molar-refractivity contribution < 1.29 is 14.2 Å². The number of ether oxygens (including phenoxy) is 3. The highest BCUT2D eigenvalue weighted by Crippen LogP contribution is 2.35. The average molecular weight is 279 g/mol. The molecular weight excluding hydrogens is 266 g/mol. The standard InChI is InChI=1S/C12H13N3O3S/c1-2-13-12-9(14-15-19-12)6-16-8-3-4-10-11(5-8)18-7-17-10/h3-5,13H,2,6-7H2,1H3. The molecule has 1 aliphatic rings. The van der Waals surface area contributed by atoms with Crippen LogP contribution in [0, 0.1) is 0 Å². The van der Waals surface area contributed by atoms with Gasteiger partial charge in [-0.25, -0.2) is 0 Å². The van der Waals surface area contributed by atoms with Gasteiger partial charge in [0.25, 0.3) is 0 Å². The van der Waals surface area contributed by atoms with Crippen molar-refractivity contribution in [1.29, 1.82) is 0 Å². The Hall–Kier alpha value is -2.02. The second-order valence-corrected chi connectivity index (χ2v) is 4.64. The number of aromatic nitrogens is 2. The maximum absolute atomic E-state index is 5.69. The number of rotatable bonds is 5. The molecule has 0 spiro atoms. The Morgan fingerprint density at radius 2 is 2.26 bits per heavy atom. The third-order valence-electron chi connectivity index (χ3n) is 2.61. The van der Waals surface area contributed by atoms with E-state index in [0.717, 1.165) is 28.7 Å². The summed E-state index contributed by atoms with van der Waals surface area (Å²) in [4.78, 5) is 0. The van der Waals surface area contributed by atoms with Crippen molar-refractivity contribution in [3.63, 3.8) is 0 Å². The third kappa shape index (κ3) is 2.55. The molecule has 0 fully saturated rings. The number of nitrogens with one attached hydrogen (secondary N) is 1. The minimum atomic E-state index is 0.263. The monoisotopic (exact) mass is 279 g/mol. The van der Waals surface area contributed by atoms with Gasteiger partial charge < -0.3 is 19.5 Å². The lowest BCUT2D eigenvalue weighted by atomic mass is 10.3. The van der Waals surface area contributed by atoms with Crippen molar-refractivity contribution in [2.24, 2.45) is 0 Å². The van der Waals surface area contributed by atoms with Gasteiger partial charge in [0.1, 0.15) is 23.1 Å². The van der Waals surface area contributed by atoms with Crippen LogP contribution in [-0.4, -0.2) is 22.9 Å². The summed E-state index contributed by atoms with van der Waals surface area (Å²) in [6, 6.07) is 5.50. The van der Waals surface area contributed by atoms with Crippen LogP contribution in [0.4, 0.5) is 5.00 Å². The minimum Gasteiger partial charge on any atom is -0.487 e. The Morgan fingerprint density at radius 1 is 1.37 bits per heavy atom. The Balaban J connectivity index is 1.67. The molecule has 0 saturated carbocycles. The summed E-state index contributed by atoms with van der Waals surface area (Å²) in [6.07, 6.45) is 0. The maximum atomic E-state index is 5.69. The molecule has 2 heterocycles. The van der Waals surface area contributed by atoms with E-state index >= 15 is 0 Å². The van der Waals surface area contributed by atoms with E-state index in [-0.39, 0.29) is 6.79 Å². The lowest BCUT2D eigenvalue weighted by Gasteiger charge is -2.06. The van der Waals surface area contributed by atoms with Gasteiger partial charge in [0, 0.05) is 24.1 Å². The first-order chi connectivity index (χ1) is 9.36. The zero-order valence-electron chi connectivity index (χ0n) is 10.4. The van der Waals surface area contributed by atoms with Crippen LogP contribution in [0.15, 0.2) is 18.2 Å². The zero-order valence-corrected chi connectivity index (χ0v) is 11.2. The van der Waals surface area contributed by atoms with Crippen LogP contribution in [0.1, 0.15) is 12.6 Å². The summed E-state index contributed by atoms with van der Waals surface area (Å²) in [5, 5.41) is 8.20. The van der Waals surface area contributed by atoms with Crippen LogP contribution in [0.2, 0.25) is 0 Å². The fraction of sp³-hybridized carbons (Fsp3) is 0.333. The summed E-state index contributed by atoms with van der Waals surface area (Å²) < 4.78 is 20.2. The van der Waals surface area contributed by atoms with Gasteiger partial charge in [-0.1, -0.05) is 4.49 Å². The Labute approximate surface area is 114 Å². The second-order valence-electron chi connectivity index (χ2n) is 3.88. The van der Waals surface area contributed by atoms with E-state index in [1.807, 2.05) is 25.1 Å². The van der Waals surface area contributed by atoms with Gasteiger partial charge in [0.05, 0.1) is 0 Å². The summed E-state index contributed by atoms with van der Waals surface area (Å²) in [5.74, 6) is 2.18. The highest BCUT2D eigenvalue weighted by molar-refractivity contribution is 7.10. The third-order valence-corrected chi connectivity index (χ3v) is 3.34. The average Bonchev–Trinajstić information content (AvgIpc) is 3.05. The molecule has 1 aromatic carbocycles.